The van der Waals surface area contributed by atoms with E-state index in [0.29, 0.717) is 6.42 Å². The van der Waals surface area contributed by atoms with Crippen molar-refractivity contribution in [2.75, 3.05) is 7.11 Å². The zero-order valence-corrected chi connectivity index (χ0v) is 14.5. The first-order valence-corrected chi connectivity index (χ1v) is 8.14. The van der Waals surface area contributed by atoms with Crippen LogP contribution in [0.15, 0.2) is 40.6 Å². The Kier molecular flexibility index (Phi) is 5.11. The van der Waals surface area contributed by atoms with Crippen LogP contribution in [0.4, 0.5) is 0 Å². The zero-order valence-electron chi connectivity index (χ0n) is 13.7. The normalized spacial score (nSPS) is 25.8. The van der Waals surface area contributed by atoms with E-state index in [1.54, 1.807) is 17.0 Å². The Labute approximate surface area is 148 Å². The second-order valence-electron chi connectivity index (χ2n) is 5.51. The Morgan fingerprint density at radius 3 is 2.80 bits per heavy atom. The van der Waals surface area contributed by atoms with Crippen LogP contribution in [-0.4, -0.2) is 49.7 Å². The van der Waals surface area contributed by atoms with Crippen LogP contribution in [0.1, 0.15) is 19.6 Å². The minimum absolute atomic E-state index is 0.209. The molecular weight excluding hydrogens is 348 g/mol. The largest absolute Gasteiger partial charge is 0.461 e. The number of aromatic amines is 1. The molecule has 0 radical (unpaired) electrons. The number of rotatable bonds is 4. The van der Waals surface area contributed by atoms with Crippen LogP contribution < -0.4 is 11.2 Å². The van der Waals surface area contributed by atoms with Crippen molar-refractivity contribution in [1.29, 1.82) is 0 Å². The third kappa shape index (κ3) is 3.41. The van der Waals surface area contributed by atoms with Crippen LogP contribution in [0, 0.1) is 0 Å². The van der Waals surface area contributed by atoms with Crippen LogP contribution in [0.3, 0.4) is 0 Å². The van der Waals surface area contributed by atoms with Gasteiger partial charge in [-0.2, -0.15) is 0 Å². The molecule has 1 saturated heterocycles. The lowest BCUT2D eigenvalue weighted by Crippen LogP contribution is -2.40. The number of methoxy groups -OCH3 is 1. The number of hydrogen-bond donors (Lipinski definition) is 1. The maximum absolute atomic E-state index is 12.1. The second-order valence-corrected chi connectivity index (χ2v) is 5.86. The Hall–Kier alpha value is -2.30. The zero-order chi connectivity index (χ0) is 18.0. The summed E-state index contributed by atoms with van der Waals surface area (Å²) in [4.78, 5) is 29.5. The molecule has 1 aliphatic heterocycles. The molecule has 0 amide bonds. The van der Waals surface area contributed by atoms with Gasteiger partial charge in [-0.15, -0.1) is 0 Å². The van der Waals surface area contributed by atoms with Crippen LogP contribution in [0.2, 0.25) is 0 Å². The summed E-state index contributed by atoms with van der Waals surface area (Å²) in [5.74, 6) is 0. The predicted molar refractivity (Wildman–Crippen MR) is 91.4 cm³/mol. The van der Waals surface area contributed by atoms with Crippen molar-refractivity contribution in [2.24, 2.45) is 0 Å². The van der Waals surface area contributed by atoms with Crippen molar-refractivity contribution >= 4 is 17.4 Å². The highest BCUT2D eigenvalue weighted by atomic mass is 32.1. The monoisotopic (exact) mass is 366 g/mol. The highest BCUT2D eigenvalue weighted by Crippen LogP contribution is 2.34. The van der Waals surface area contributed by atoms with Crippen LogP contribution >= 0.6 is 12.2 Å². The number of ether oxygens (including phenoxy) is 3. The van der Waals surface area contributed by atoms with Gasteiger partial charge in [-0.3, -0.25) is 18.9 Å². The molecule has 2 aromatic heterocycles. The lowest BCUT2D eigenvalue weighted by atomic mass is 10.1. The van der Waals surface area contributed by atoms with E-state index >= 15 is 0 Å². The van der Waals surface area contributed by atoms with E-state index in [0.717, 1.165) is 0 Å². The van der Waals surface area contributed by atoms with Crippen molar-refractivity contribution in [3.63, 3.8) is 0 Å². The van der Waals surface area contributed by atoms with E-state index in [2.05, 4.69) is 9.97 Å². The summed E-state index contributed by atoms with van der Waals surface area (Å²) in [6.45, 7) is 1.94. The van der Waals surface area contributed by atoms with Crippen molar-refractivity contribution in [3.8, 4) is 0 Å². The molecule has 3 heterocycles. The Bertz CT molecular complexity index is 846. The molecule has 1 aliphatic rings. The molecular formula is C15H18N4O5S. The quantitative estimate of drug-likeness (QED) is 0.776. The molecule has 0 saturated carbocycles. The summed E-state index contributed by atoms with van der Waals surface area (Å²) in [6, 6.07) is 1.25. The van der Waals surface area contributed by atoms with Crippen LogP contribution in [0.25, 0.3) is 0 Å². The molecule has 1 fully saturated rings. The van der Waals surface area contributed by atoms with Crippen LogP contribution in [0.5, 0.6) is 0 Å². The molecule has 3 rings (SSSR count). The van der Waals surface area contributed by atoms with Gasteiger partial charge in [-0.25, -0.2) is 9.78 Å². The van der Waals surface area contributed by atoms with E-state index in [1.165, 1.54) is 30.3 Å². The summed E-state index contributed by atoms with van der Waals surface area (Å²) in [5, 5.41) is 0.209. The number of nitrogens with one attached hydrogen (secondary N) is 1. The summed E-state index contributed by atoms with van der Waals surface area (Å²) < 4.78 is 20.2. The standard InChI is InChI=1S/C15H18N4O5S/c1-3-9-11(24-15(25)18-7-5-16-8-18)12(22-2)13(23-9)19-6-4-10(20)17-14(19)21/h4-9,11-13H,3H2,1-2H3,(H,17,20,21)/t9-,11?,12+,13-/m1/s1. The van der Waals surface area contributed by atoms with Gasteiger partial charge in [-0.1, -0.05) is 6.92 Å². The van der Waals surface area contributed by atoms with Gasteiger partial charge in [0, 0.05) is 31.8 Å². The molecule has 2 aromatic rings. The summed E-state index contributed by atoms with van der Waals surface area (Å²) in [6.07, 6.45) is 4.62. The first-order valence-electron chi connectivity index (χ1n) is 7.73. The molecule has 1 N–H and O–H groups in total. The Morgan fingerprint density at radius 2 is 2.20 bits per heavy atom. The highest BCUT2D eigenvalue weighted by molar-refractivity contribution is 7.80. The molecule has 25 heavy (non-hydrogen) atoms. The molecule has 0 aromatic carbocycles. The molecule has 1 unspecified atom stereocenters. The Balaban J connectivity index is 1.89. The van der Waals surface area contributed by atoms with E-state index in [4.69, 9.17) is 26.4 Å². The number of H-pyrrole nitrogens is 1. The molecule has 134 valence electrons. The fraction of sp³-hybridized carbons (Fsp3) is 0.467. The number of hydrogen-bond acceptors (Lipinski definition) is 7. The fourth-order valence-electron chi connectivity index (χ4n) is 2.83. The average molecular weight is 366 g/mol. The summed E-state index contributed by atoms with van der Waals surface area (Å²) in [5.41, 5.74) is -1.05. The summed E-state index contributed by atoms with van der Waals surface area (Å²) >= 11 is 5.28. The number of imidazole rings is 1. The van der Waals surface area contributed by atoms with Gasteiger partial charge in [-0.05, 0) is 18.6 Å². The van der Waals surface area contributed by atoms with Gasteiger partial charge < -0.3 is 14.2 Å². The number of thiocarbonyl (C=S) groups is 1. The molecule has 0 bridgehead atoms. The smallest absolute Gasteiger partial charge is 0.330 e. The van der Waals surface area contributed by atoms with Gasteiger partial charge in [0.15, 0.2) is 12.3 Å². The first kappa shape index (κ1) is 17.5. The lowest BCUT2D eigenvalue weighted by Gasteiger charge is -2.24. The van der Waals surface area contributed by atoms with E-state index in [9.17, 15) is 9.59 Å². The number of aromatic nitrogens is 4. The van der Waals surface area contributed by atoms with E-state index in [1.807, 2.05) is 6.92 Å². The predicted octanol–water partition coefficient (Wildman–Crippen LogP) is 0.274. The maximum atomic E-state index is 12.1. The maximum Gasteiger partial charge on any atom is 0.330 e. The van der Waals surface area contributed by atoms with Gasteiger partial charge in [0.25, 0.3) is 10.7 Å². The highest BCUT2D eigenvalue weighted by Gasteiger charge is 2.47. The second kappa shape index (κ2) is 7.30. The molecule has 4 atom stereocenters. The van der Waals surface area contributed by atoms with Gasteiger partial charge >= 0.3 is 5.69 Å². The third-order valence-electron chi connectivity index (χ3n) is 4.04. The SMILES string of the molecule is CC[C@H]1O[C@@H](n2ccc(=O)[nH]c2=O)[C@@H](OC)C1OC(=S)n1ccnc1. The van der Waals surface area contributed by atoms with Crippen molar-refractivity contribution < 1.29 is 14.2 Å². The minimum Gasteiger partial charge on any atom is -0.461 e. The number of nitrogens with zero attached hydrogens (tertiary/aromatic N) is 3. The molecule has 9 nitrogen and oxygen atoms in total. The van der Waals surface area contributed by atoms with Gasteiger partial charge in [0.1, 0.15) is 12.4 Å². The van der Waals surface area contributed by atoms with Gasteiger partial charge in [0.05, 0.1) is 6.10 Å². The van der Waals surface area contributed by atoms with Crippen LogP contribution in [-0.2, 0) is 14.2 Å². The fourth-order valence-corrected chi connectivity index (χ4v) is 3.04. The molecule has 0 aliphatic carbocycles. The average Bonchev–Trinajstić information content (AvgIpc) is 3.22. The lowest BCUT2D eigenvalue weighted by molar-refractivity contribution is -0.0540. The summed E-state index contributed by atoms with van der Waals surface area (Å²) in [7, 11) is 1.51. The third-order valence-corrected chi connectivity index (χ3v) is 4.34. The van der Waals surface area contributed by atoms with E-state index < -0.39 is 29.7 Å². The van der Waals surface area contributed by atoms with E-state index in [-0.39, 0.29) is 11.3 Å². The van der Waals surface area contributed by atoms with Crippen molar-refractivity contribution in [3.05, 3.63) is 51.8 Å². The topological polar surface area (TPSA) is 100 Å². The molecule has 10 heteroatoms. The van der Waals surface area contributed by atoms with Crippen molar-refractivity contribution in [2.45, 2.75) is 37.9 Å². The minimum atomic E-state index is -0.741. The molecule has 0 spiro atoms. The van der Waals surface area contributed by atoms with Gasteiger partial charge in [0.2, 0.25) is 0 Å². The van der Waals surface area contributed by atoms with Crippen molar-refractivity contribution in [1.82, 2.24) is 19.1 Å². The Morgan fingerprint density at radius 1 is 1.40 bits per heavy atom. The first-order chi connectivity index (χ1) is 12.0.